The Hall–Kier alpha value is 0.759. The molecule has 0 heterocycles. The van der Waals surface area contributed by atoms with E-state index in [1.807, 2.05) is 7.11 Å². The Balaban J connectivity index is 2.34. The van der Waals surface area contributed by atoms with Gasteiger partial charge in [0.1, 0.15) is 0 Å². The maximum absolute atomic E-state index is 4.95. The summed E-state index contributed by atoms with van der Waals surface area (Å²) in [6.07, 6.45) is 1.31. The van der Waals surface area contributed by atoms with Gasteiger partial charge >= 0.3 is 49.5 Å². The van der Waals surface area contributed by atoms with E-state index in [-0.39, 0.29) is 21.6 Å². The van der Waals surface area contributed by atoms with Gasteiger partial charge in [0.05, 0.1) is 0 Å². The van der Waals surface area contributed by atoms with E-state index in [1.54, 1.807) is 0 Å². The van der Waals surface area contributed by atoms with Crippen molar-refractivity contribution in [2.24, 2.45) is 0 Å². The van der Waals surface area contributed by atoms with Crippen LogP contribution in [-0.2, 0) is 3.07 Å². The molecule has 1 nitrogen and oxygen atoms in total. The van der Waals surface area contributed by atoms with Crippen LogP contribution >= 0.6 is 0 Å². The first-order valence-electron chi connectivity index (χ1n) is 2.17. The molecule has 0 aliphatic carbocycles. The van der Waals surface area contributed by atoms with Gasteiger partial charge in [0.15, 0.2) is 0 Å². The standard InChI is InChI=1S/C3H7.CH3O.Sn/c1-3-2;1-2;/h1,3H2,2H3;1H3;/q;-1;+1. The maximum atomic E-state index is 4.95. The van der Waals surface area contributed by atoms with E-state index in [2.05, 4.69) is 6.92 Å². The number of hydrogen-bond donors (Lipinski definition) is 0. The second kappa shape index (κ2) is 5.76. The van der Waals surface area contributed by atoms with Gasteiger partial charge in [-0.05, 0) is 0 Å². The zero-order valence-electron chi connectivity index (χ0n) is 4.32. The van der Waals surface area contributed by atoms with E-state index < -0.39 is 0 Å². The van der Waals surface area contributed by atoms with Crippen LogP contribution in [0.3, 0.4) is 0 Å². The predicted octanol–water partition coefficient (Wildman–Crippen LogP) is 1.08. The third-order valence-electron chi connectivity index (χ3n) is 0.496. The summed E-state index contributed by atoms with van der Waals surface area (Å²) in [6.45, 7) is 2.19. The Morgan fingerprint density at radius 2 is 2.33 bits per heavy atom. The molecular weight excluding hydrogens is 183 g/mol. The van der Waals surface area contributed by atoms with E-state index in [0.29, 0.717) is 0 Å². The fourth-order valence-electron chi connectivity index (χ4n) is 0.204. The van der Waals surface area contributed by atoms with Crippen molar-refractivity contribution in [2.75, 3.05) is 7.11 Å². The molecule has 0 aromatic heterocycles. The molecule has 0 aliphatic rings. The Kier molecular flexibility index (Phi) is 6.49. The first-order valence-corrected chi connectivity index (χ1v) is 5.36. The summed E-state index contributed by atoms with van der Waals surface area (Å²) in [5, 5.41) is 0. The number of rotatable bonds is 3. The monoisotopic (exact) mass is 194 g/mol. The second-order valence-electron chi connectivity index (χ2n) is 1.10. The fourth-order valence-corrected chi connectivity index (χ4v) is 1.37. The summed E-state index contributed by atoms with van der Waals surface area (Å²) in [5.74, 6) is 0. The van der Waals surface area contributed by atoms with Gasteiger partial charge in [0.2, 0.25) is 0 Å². The molecule has 0 unspecified atom stereocenters. The van der Waals surface area contributed by atoms with Gasteiger partial charge in [-0.25, -0.2) is 0 Å². The molecule has 0 aromatic rings. The molecule has 0 fully saturated rings. The molecule has 36 valence electrons. The van der Waals surface area contributed by atoms with Crippen molar-refractivity contribution < 1.29 is 3.07 Å². The average molecular weight is 193 g/mol. The number of hydrogen-bond acceptors (Lipinski definition) is 1. The molecule has 0 aromatic carbocycles. The van der Waals surface area contributed by atoms with Crippen molar-refractivity contribution in [1.29, 1.82) is 0 Å². The van der Waals surface area contributed by atoms with E-state index in [4.69, 9.17) is 3.07 Å². The van der Waals surface area contributed by atoms with Crippen molar-refractivity contribution in [2.45, 2.75) is 17.8 Å². The third-order valence-corrected chi connectivity index (χ3v) is 3.33. The predicted molar refractivity (Wildman–Crippen MR) is 27.9 cm³/mol. The molecule has 0 rings (SSSR count). The van der Waals surface area contributed by atoms with Crippen LogP contribution in [0.4, 0.5) is 0 Å². The second-order valence-corrected chi connectivity index (χ2v) is 4.51. The van der Waals surface area contributed by atoms with Crippen molar-refractivity contribution in [3.63, 3.8) is 0 Å². The summed E-state index contributed by atoms with van der Waals surface area (Å²) in [5.41, 5.74) is 0. The summed E-state index contributed by atoms with van der Waals surface area (Å²) in [6, 6.07) is 0. The normalized spacial score (nSPS) is 9.00. The van der Waals surface area contributed by atoms with Gasteiger partial charge in [-0.1, -0.05) is 0 Å². The van der Waals surface area contributed by atoms with Gasteiger partial charge < -0.3 is 0 Å². The van der Waals surface area contributed by atoms with Crippen LogP contribution in [0.2, 0.25) is 4.44 Å². The van der Waals surface area contributed by atoms with Crippen LogP contribution in [0.1, 0.15) is 13.3 Å². The Labute approximate surface area is 49.8 Å². The first-order chi connectivity index (χ1) is 2.91. The molecule has 0 aliphatic heterocycles. The Bertz CT molecular complexity index is 19.5. The van der Waals surface area contributed by atoms with Crippen LogP contribution in [0.15, 0.2) is 0 Å². The van der Waals surface area contributed by atoms with Crippen LogP contribution in [0, 0.1) is 0 Å². The molecule has 0 N–H and O–H groups in total. The van der Waals surface area contributed by atoms with Crippen molar-refractivity contribution >= 4 is 21.6 Å². The van der Waals surface area contributed by atoms with Crippen LogP contribution < -0.4 is 0 Å². The molecule has 0 bridgehead atoms. The summed E-state index contributed by atoms with van der Waals surface area (Å²) >= 11 is -0.300. The average Bonchev–Trinajstić information content (AvgIpc) is 1.61. The molecule has 0 spiro atoms. The zero-order valence-corrected chi connectivity index (χ0v) is 7.18. The molecular formula is C4H10OSn. The topological polar surface area (TPSA) is 9.23 Å². The first kappa shape index (κ1) is 6.76. The van der Waals surface area contributed by atoms with Gasteiger partial charge in [-0.3, -0.25) is 0 Å². The molecule has 0 saturated heterocycles. The van der Waals surface area contributed by atoms with Gasteiger partial charge in [0, 0.05) is 0 Å². The SMILES string of the molecule is CC[CH2][Sn][O]C. The Morgan fingerprint density at radius 1 is 1.67 bits per heavy atom. The molecule has 0 saturated carbocycles. The van der Waals surface area contributed by atoms with E-state index >= 15 is 0 Å². The molecule has 2 radical (unpaired) electrons. The van der Waals surface area contributed by atoms with Crippen LogP contribution in [-0.4, -0.2) is 28.7 Å². The summed E-state index contributed by atoms with van der Waals surface area (Å²) in [4.78, 5) is 0. The van der Waals surface area contributed by atoms with E-state index in [9.17, 15) is 0 Å². The minimum absolute atomic E-state index is 0.300. The molecule has 2 heteroatoms. The minimum atomic E-state index is -0.300. The summed E-state index contributed by atoms with van der Waals surface area (Å²) < 4.78 is 6.31. The van der Waals surface area contributed by atoms with Crippen LogP contribution in [0.5, 0.6) is 0 Å². The Morgan fingerprint density at radius 3 is 2.50 bits per heavy atom. The van der Waals surface area contributed by atoms with Crippen LogP contribution in [0.25, 0.3) is 0 Å². The molecule has 6 heavy (non-hydrogen) atoms. The van der Waals surface area contributed by atoms with Crippen molar-refractivity contribution in [3.8, 4) is 0 Å². The zero-order chi connectivity index (χ0) is 4.83. The van der Waals surface area contributed by atoms with Gasteiger partial charge in [0.25, 0.3) is 0 Å². The van der Waals surface area contributed by atoms with Gasteiger partial charge in [-0.15, -0.1) is 0 Å². The fraction of sp³-hybridized carbons (Fsp3) is 1.00. The van der Waals surface area contributed by atoms with E-state index in [1.165, 1.54) is 10.9 Å². The quantitative estimate of drug-likeness (QED) is 0.481. The third kappa shape index (κ3) is 4.76. The summed E-state index contributed by atoms with van der Waals surface area (Å²) in [7, 11) is 1.81. The van der Waals surface area contributed by atoms with E-state index in [0.717, 1.165) is 0 Å². The molecule has 0 amide bonds. The van der Waals surface area contributed by atoms with Gasteiger partial charge in [-0.2, -0.15) is 0 Å². The van der Waals surface area contributed by atoms with Crippen molar-refractivity contribution in [1.82, 2.24) is 0 Å². The van der Waals surface area contributed by atoms with Crippen molar-refractivity contribution in [3.05, 3.63) is 0 Å². The molecule has 0 atom stereocenters.